The number of hydrogen-bond acceptors (Lipinski definition) is 5. The van der Waals surface area contributed by atoms with Gasteiger partial charge in [-0.15, -0.1) is 22.7 Å². The van der Waals surface area contributed by atoms with Crippen LogP contribution in [-0.2, 0) is 18.0 Å². The van der Waals surface area contributed by atoms with E-state index in [0.29, 0.717) is 13.2 Å². The van der Waals surface area contributed by atoms with Gasteiger partial charge in [0.05, 0.1) is 33.6 Å². The second kappa shape index (κ2) is 5.52. The van der Waals surface area contributed by atoms with Crippen molar-refractivity contribution in [3.8, 4) is 0 Å². The van der Waals surface area contributed by atoms with Gasteiger partial charge in [0.15, 0.2) is 0 Å². The molecule has 0 aliphatic carbocycles. The molecule has 0 saturated heterocycles. The van der Waals surface area contributed by atoms with Gasteiger partial charge in [-0.1, -0.05) is 24.3 Å². The largest absolute Gasteiger partial charge is 0.367 e. The molecule has 0 fully saturated rings. The van der Waals surface area contributed by atoms with E-state index in [1.807, 2.05) is 36.4 Å². The molecule has 0 radical (unpaired) electrons. The van der Waals surface area contributed by atoms with E-state index in [1.165, 1.54) is 9.40 Å². The molecule has 2 aromatic carbocycles. The van der Waals surface area contributed by atoms with Gasteiger partial charge in [0.1, 0.15) is 10.0 Å². The van der Waals surface area contributed by atoms with Gasteiger partial charge >= 0.3 is 0 Å². The zero-order valence-electron chi connectivity index (χ0n) is 11.2. The summed E-state index contributed by atoms with van der Waals surface area (Å²) in [6.45, 7) is 1.07. The Balaban J connectivity index is 1.44. The van der Waals surface area contributed by atoms with Gasteiger partial charge in [-0.25, -0.2) is 9.97 Å². The number of para-hydroxylation sites is 2. The second-order valence-corrected chi connectivity index (χ2v) is 6.87. The van der Waals surface area contributed by atoms with Crippen LogP contribution in [0, 0.1) is 0 Å². The third-order valence-corrected chi connectivity index (χ3v) is 5.15. The molecular formula is C16H12N2OS2. The molecule has 2 heterocycles. The normalized spacial score (nSPS) is 11.4. The lowest BCUT2D eigenvalue weighted by Crippen LogP contribution is -1.92. The van der Waals surface area contributed by atoms with Crippen molar-refractivity contribution in [3.05, 3.63) is 58.5 Å². The molecule has 104 valence electrons. The van der Waals surface area contributed by atoms with E-state index in [9.17, 15) is 0 Å². The molecule has 0 amide bonds. The Kier molecular flexibility index (Phi) is 3.39. The molecule has 0 bridgehead atoms. The van der Waals surface area contributed by atoms with Gasteiger partial charge < -0.3 is 4.74 Å². The summed E-state index contributed by atoms with van der Waals surface area (Å²) in [5, 5.41) is 2.02. The molecule has 3 nitrogen and oxygen atoms in total. The van der Waals surface area contributed by atoms with Crippen molar-refractivity contribution in [2.75, 3.05) is 0 Å². The number of fused-ring (bicyclic) bond motifs is 2. The zero-order chi connectivity index (χ0) is 14.1. The molecule has 0 N–H and O–H groups in total. The molecule has 2 aromatic heterocycles. The highest BCUT2D eigenvalue weighted by Crippen LogP contribution is 2.24. The summed E-state index contributed by atoms with van der Waals surface area (Å²) in [6, 6.07) is 16.3. The van der Waals surface area contributed by atoms with Gasteiger partial charge in [0.25, 0.3) is 0 Å². The third kappa shape index (κ3) is 2.68. The minimum atomic E-state index is 0.537. The number of ether oxygens (including phenoxy) is 1. The fourth-order valence-electron chi connectivity index (χ4n) is 2.19. The SMILES string of the molecule is c1ccc2sc(COCc3nc4ccccc4s3)nc2c1. The summed E-state index contributed by atoms with van der Waals surface area (Å²) >= 11 is 3.37. The predicted molar refractivity (Wildman–Crippen MR) is 87.7 cm³/mol. The molecule has 0 unspecified atom stereocenters. The van der Waals surface area contributed by atoms with Crippen LogP contribution < -0.4 is 0 Å². The first-order chi connectivity index (χ1) is 10.4. The van der Waals surface area contributed by atoms with Gasteiger partial charge in [-0.2, -0.15) is 0 Å². The maximum atomic E-state index is 5.76. The average Bonchev–Trinajstić information content (AvgIpc) is 3.09. The third-order valence-electron chi connectivity index (χ3n) is 3.13. The number of nitrogens with zero attached hydrogens (tertiary/aromatic N) is 2. The Hall–Kier alpha value is -1.82. The fraction of sp³-hybridized carbons (Fsp3) is 0.125. The summed E-state index contributed by atoms with van der Waals surface area (Å²) in [5.74, 6) is 0. The van der Waals surface area contributed by atoms with Crippen molar-refractivity contribution in [1.29, 1.82) is 0 Å². The average molecular weight is 312 g/mol. The van der Waals surface area contributed by atoms with Crippen molar-refractivity contribution < 1.29 is 4.74 Å². The van der Waals surface area contributed by atoms with Gasteiger partial charge in [0.2, 0.25) is 0 Å². The monoisotopic (exact) mass is 312 g/mol. The summed E-state index contributed by atoms with van der Waals surface area (Å²) in [7, 11) is 0. The van der Waals surface area contributed by atoms with Crippen LogP contribution in [-0.4, -0.2) is 9.97 Å². The summed E-state index contributed by atoms with van der Waals surface area (Å²) in [4.78, 5) is 9.13. The summed E-state index contributed by atoms with van der Waals surface area (Å²) < 4.78 is 8.17. The molecule has 4 aromatic rings. The lowest BCUT2D eigenvalue weighted by atomic mass is 10.3. The van der Waals surface area contributed by atoms with Gasteiger partial charge in [-0.3, -0.25) is 0 Å². The van der Waals surface area contributed by atoms with E-state index in [-0.39, 0.29) is 0 Å². The van der Waals surface area contributed by atoms with E-state index in [2.05, 4.69) is 22.1 Å². The predicted octanol–water partition coefficient (Wildman–Crippen LogP) is 4.62. The van der Waals surface area contributed by atoms with Crippen LogP contribution in [0.3, 0.4) is 0 Å². The van der Waals surface area contributed by atoms with Crippen LogP contribution >= 0.6 is 22.7 Å². The number of hydrogen-bond donors (Lipinski definition) is 0. The topological polar surface area (TPSA) is 35.0 Å². The van der Waals surface area contributed by atoms with E-state index < -0.39 is 0 Å². The maximum Gasteiger partial charge on any atom is 0.120 e. The molecule has 0 saturated carbocycles. The van der Waals surface area contributed by atoms with E-state index in [4.69, 9.17) is 4.74 Å². The van der Waals surface area contributed by atoms with Crippen LogP contribution in [0.5, 0.6) is 0 Å². The number of aromatic nitrogens is 2. The molecule has 5 heteroatoms. The van der Waals surface area contributed by atoms with Crippen LogP contribution in [0.4, 0.5) is 0 Å². The second-order valence-electron chi connectivity index (χ2n) is 4.64. The highest BCUT2D eigenvalue weighted by atomic mass is 32.1. The lowest BCUT2D eigenvalue weighted by Gasteiger charge is -1.97. The van der Waals surface area contributed by atoms with E-state index in [0.717, 1.165) is 21.0 Å². The van der Waals surface area contributed by atoms with Crippen LogP contribution in [0.15, 0.2) is 48.5 Å². The lowest BCUT2D eigenvalue weighted by molar-refractivity contribution is 0.107. The molecule has 0 aliphatic heterocycles. The Morgan fingerprint density at radius 2 is 1.19 bits per heavy atom. The Morgan fingerprint density at radius 3 is 1.67 bits per heavy atom. The number of thiazole rings is 2. The molecular weight excluding hydrogens is 300 g/mol. The van der Waals surface area contributed by atoms with Crippen molar-refractivity contribution >= 4 is 43.1 Å². The first kappa shape index (κ1) is 12.9. The molecule has 0 atom stereocenters. The van der Waals surface area contributed by atoms with Crippen molar-refractivity contribution in [1.82, 2.24) is 9.97 Å². The first-order valence-corrected chi connectivity index (χ1v) is 8.28. The smallest absolute Gasteiger partial charge is 0.120 e. The summed E-state index contributed by atoms with van der Waals surface area (Å²) in [5.41, 5.74) is 2.09. The molecule has 0 aliphatic rings. The highest BCUT2D eigenvalue weighted by Gasteiger charge is 2.06. The van der Waals surface area contributed by atoms with Crippen molar-refractivity contribution in [3.63, 3.8) is 0 Å². The summed E-state index contributed by atoms with van der Waals surface area (Å²) in [6.07, 6.45) is 0. The molecule has 21 heavy (non-hydrogen) atoms. The first-order valence-electron chi connectivity index (χ1n) is 6.65. The minimum Gasteiger partial charge on any atom is -0.367 e. The van der Waals surface area contributed by atoms with E-state index >= 15 is 0 Å². The van der Waals surface area contributed by atoms with Crippen molar-refractivity contribution in [2.45, 2.75) is 13.2 Å². The standard InChI is InChI=1S/C16H12N2OS2/c1-3-7-13-11(5-1)17-15(20-13)9-19-10-16-18-12-6-2-4-8-14(12)21-16/h1-8H,9-10H2. The van der Waals surface area contributed by atoms with Crippen LogP contribution in [0.25, 0.3) is 20.4 Å². The molecule has 4 rings (SSSR count). The zero-order valence-corrected chi connectivity index (χ0v) is 12.8. The minimum absolute atomic E-state index is 0.537. The highest BCUT2D eigenvalue weighted by molar-refractivity contribution is 7.18. The van der Waals surface area contributed by atoms with Gasteiger partial charge in [0, 0.05) is 0 Å². The van der Waals surface area contributed by atoms with E-state index in [1.54, 1.807) is 22.7 Å². The van der Waals surface area contributed by atoms with Crippen LogP contribution in [0.2, 0.25) is 0 Å². The Bertz CT molecular complexity index is 757. The fourth-order valence-corrected chi connectivity index (χ4v) is 4.00. The number of benzene rings is 2. The number of rotatable bonds is 4. The quantitative estimate of drug-likeness (QED) is 0.551. The Labute approximate surface area is 129 Å². The van der Waals surface area contributed by atoms with Crippen LogP contribution in [0.1, 0.15) is 10.0 Å². The Morgan fingerprint density at radius 1 is 0.714 bits per heavy atom. The van der Waals surface area contributed by atoms with Gasteiger partial charge in [-0.05, 0) is 24.3 Å². The van der Waals surface area contributed by atoms with Crippen molar-refractivity contribution in [2.24, 2.45) is 0 Å². The maximum absolute atomic E-state index is 5.76. The molecule has 0 spiro atoms.